The van der Waals surface area contributed by atoms with Crippen LogP contribution in [0.25, 0.3) is 0 Å². The Hall–Kier alpha value is -2.31. The van der Waals surface area contributed by atoms with Gasteiger partial charge in [-0.2, -0.15) is 0 Å². The monoisotopic (exact) mass is 449 g/mol. The van der Waals surface area contributed by atoms with Crippen molar-refractivity contribution in [3.05, 3.63) is 59.2 Å². The van der Waals surface area contributed by atoms with E-state index in [1.807, 2.05) is 54.3 Å². The van der Waals surface area contributed by atoms with Gasteiger partial charge in [0.1, 0.15) is 0 Å². The van der Waals surface area contributed by atoms with E-state index < -0.39 is 4.87 Å². The van der Waals surface area contributed by atoms with Crippen molar-refractivity contribution < 1.29 is 9.59 Å². The van der Waals surface area contributed by atoms with Gasteiger partial charge in [0.2, 0.25) is 10.8 Å². The second kappa shape index (κ2) is 7.92. The first-order valence-corrected chi connectivity index (χ1v) is 12.4. The molecule has 168 valence electrons. The minimum Gasteiger partial charge on any atom is -0.295 e. The number of nitrogens with zero attached hydrogens (tertiary/aromatic N) is 3. The van der Waals surface area contributed by atoms with Gasteiger partial charge in [0.05, 0.1) is 17.6 Å². The molecule has 6 heteroatoms. The average Bonchev–Trinajstić information content (AvgIpc) is 3.18. The van der Waals surface area contributed by atoms with Crippen molar-refractivity contribution in [1.82, 2.24) is 4.90 Å². The molecule has 0 radical (unpaired) electrons. The zero-order valence-corrected chi connectivity index (χ0v) is 20.1. The van der Waals surface area contributed by atoms with Crippen LogP contribution in [0.4, 0.5) is 11.4 Å². The summed E-state index contributed by atoms with van der Waals surface area (Å²) in [5, 5.41) is -0.288. The van der Waals surface area contributed by atoms with Crippen molar-refractivity contribution in [2.24, 2.45) is 5.92 Å². The molecule has 2 aromatic carbocycles. The molecular weight excluding hydrogens is 418 g/mol. The van der Waals surface area contributed by atoms with Crippen molar-refractivity contribution in [1.29, 1.82) is 0 Å². The van der Waals surface area contributed by atoms with Crippen molar-refractivity contribution in [2.75, 3.05) is 29.6 Å². The summed E-state index contributed by atoms with van der Waals surface area (Å²) in [4.78, 5) is 32.7. The second-order valence-corrected chi connectivity index (χ2v) is 11.1. The van der Waals surface area contributed by atoms with Crippen LogP contribution in [0, 0.1) is 19.8 Å². The van der Waals surface area contributed by atoms with Crippen molar-refractivity contribution >= 4 is 35.0 Å². The first-order valence-electron chi connectivity index (χ1n) is 11.6. The molecule has 0 saturated carbocycles. The molecule has 3 aliphatic heterocycles. The molecule has 3 aliphatic rings. The lowest BCUT2D eigenvalue weighted by Gasteiger charge is -2.36. The fourth-order valence-electron chi connectivity index (χ4n) is 5.15. The van der Waals surface area contributed by atoms with E-state index in [-0.39, 0.29) is 17.1 Å². The number of piperidine rings is 1. The Morgan fingerprint density at radius 3 is 2.44 bits per heavy atom. The first kappa shape index (κ1) is 21.5. The molecule has 0 N–H and O–H groups in total. The molecule has 0 aliphatic carbocycles. The summed E-state index contributed by atoms with van der Waals surface area (Å²) in [5.41, 5.74) is 4.95. The molecular formula is C26H31N3O2S. The van der Waals surface area contributed by atoms with Gasteiger partial charge in [-0.1, -0.05) is 31.2 Å². The lowest BCUT2D eigenvalue weighted by molar-refractivity contribution is -0.124. The standard InChI is InChI=1S/C26H31N3O2S/c1-17-11-13-27(14-12-17)16-28-23-8-6-5-7-22(23)26(25(28)31)29(24(30)20(4)32-26)21-10-9-18(2)19(3)15-21/h5-10,15,17,20H,11-14,16H2,1-4H3/t20-,26-/m1/s1. The lowest BCUT2D eigenvalue weighted by Crippen LogP contribution is -2.52. The van der Waals surface area contributed by atoms with Gasteiger partial charge in [-0.15, -0.1) is 11.8 Å². The van der Waals surface area contributed by atoms with Crippen LogP contribution >= 0.6 is 11.8 Å². The Balaban J connectivity index is 1.59. The summed E-state index contributed by atoms with van der Waals surface area (Å²) in [6.07, 6.45) is 2.32. The predicted molar refractivity (Wildman–Crippen MR) is 131 cm³/mol. The van der Waals surface area contributed by atoms with E-state index in [9.17, 15) is 9.59 Å². The largest absolute Gasteiger partial charge is 0.295 e. The number of aryl methyl sites for hydroxylation is 2. The third kappa shape index (κ3) is 3.19. The van der Waals surface area contributed by atoms with Gasteiger partial charge in [0, 0.05) is 24.3 Å². The average molecular weight is 450 g/mol. The van der Waals surface area contributed by atoms with Crippen molar-refractivity contribution in [3.8, 4) is 0 Å². The van der Waals surface area contributed by atoms with E-state index in [2.05, 4.69) is 25.7 Å². The van der Waals surface area contributed by atoms with E-state index in [1.165, 1.54) is 17.3 Å². The number of rotatable bonds is 3. The Kier molecular flexibility index (Phi) is 5.33. The predicted octanol–water partition coefficient (Wildman–Crippen LogP) is 4.66. The molecule has 32 heavy (non-hydrogen) atoms. The molecule has 2 fully saturated rings. The summed E-state index contributed by atoms with van der Waals surface area (Å²) in [7, 11) is 0. The Morgan fingerprint density at radius 1 is 1.00 bits per heavy atom. The maximum Gasteiger partial charge on any atom is 0.269 e. The highest BCUT2D eigenvalue weighted by Crippen LogP contribution is 2.57. The van der Waals surface area contributed by atoms with Gasteiger partial charge in [0.15, 0.2) is 0 Å². The number of hydrogen-bond acceptors (Lipinski definition) is 4. The van der Waals surface area contributed by atoms with E-state index in [0.717, 1.165) is 54.4 Å². The number of carbonyl (C=O) groups excluding carboxylic acids is 2. The Labute approximate surface area is 194 Å². The van der Waals surface area contributed by atoms with Crippen LogP contribution in [0.15, 0.2) is 42.5 Å². The van der Waals surface area contributed by atoms with Crippen LogP contribution in [-0.2, 0) is 14.5 Å². The maximum atomic E-state index is 14.2. The molecule has 0 unspecified atom stereocenters. The van der Waals surface area contributed by atoms with Crippen molar-refractivity contribution in [3.63, 3.8) is 0 Å². The zero-order valence-electron chi connectivity index (χ0n) is 19.3. The minimum atomic E-state index is -1.04. The molecule has 0 aromatic heterocycles. The van der Waals surface area contributed by atoms with Crippen LogP contribution in [0.1, 0.15) is 43.4 Å². The van der Waals surface area contributed by atoms with E-state index >= 15 is 0 Å². The smallest absolute Gasteiger partial charge is 0.269 e. The van der Waals surface area contributed by atoms with Crippen LogP contribution in [0.2, 0.25) is 0 Å². The van der Waals surface area contributed by atoms with Crippen LogP contribution in [0.3, 0.4) is 0 Å². The normalized spacial score (nSPS) is 26.4. The molecule has 2 atom stereocenters. The van der Waals surface area contributed by atoms with Gasteiger partial charge in [0.25, 0.3) is 5.91 Å². The van der Waals surface area contributed by atoms with Crippen LogP contribution in [0.5, 0.6) is 0 Å². The maximum absolute atomic E-state index is 14.2. The highest BCUT2D eigenvalue weighted by molar-refractivity contribution is 8.03. The van der Waals surface area contributed by atoms with Crippen LogP contribution < -0.4 is 9.80 Å². The van der Waals surface area contributed by atoms with Crippen molar-refractivity contribution in [2.45, 2.75) is 50.7 Å². The number of hydrogen-bond donors (Lipinski definition) is 0. The molecule has 3 heterocycles. The minimum absolute atomic E-state index is 0.00162. The highest BCUT2D eigenvalue weighted by atomic mass is 32.2. The third-order valence-corrected chi connectivity index (χ3v) is 8.77. The molecule has 5 rings (SSSR count). The number of likely N-dealkylation sites (tertiary alicyclic amines) is 1. The summed E-state index contributed by atoms with van der Waals surface area (Å²) < 4.78 is 0. The highest BCUT2D eigenvalue weighted by Gasteiger charge is 2.63. The van der Waals surface area contributed by atoms with Gasteiger partial charge in [-0.05, 0) is 68.9 Å². The number of carbonyl (C=O) groups is 2. The molecule has 1 spiro atoms. The fraction of sp³-hybridized carbons (Fsp3) is 0.462. The summed E-state index contributed by atoms with van der Waals surface area (Å²) in [6, 6.07) is 14.1. The number of anilines is 2. The number of para-hydroxylation sites is 1. The fourth-order valence-corrected chi connectivity index (χ4v) is 6.68. The van der Waals surface area contributed by atoms with Gasteiger partial charge >= 0.3 is 0 Å². The Bertz CT molecular complexity index is 1080. The summed E-state index contributed by atoms with van der Waals surface area (Å²) >= 11 is 1.48. The molecule has 5 nitrogen and oxygen atoms in total. The second-order valence-electron chi connectivity index (χ2n) is 9.54. The van der Waals surface area contributed by atoms with Crippen LogP contribution in [-0.4, -0.2) is 41.7 Å². The summed E-state index contributed by atoms with van der Waals surface area (Å²) in [6.45, 7) is 10.9. The molecule has 0 bridgehead atoms. The number of thioether (sulfide) groups is 1. The lowest BCUT2D eigenvalue weighted by atomic mass is 10.00. The van der Waals surface area contributed by atoms with Gasteiger partial charge in [-0.25, -0.2) is 0 Å². The van der Waals surface area contributed by atoms with Gasteiger partial charge in [-0.3, -0.25) is 24.3 Å². The first-order chi connectivity index (χ1) is 15.3. The molecule has 2 aromatic rings. The topological polar surface area (TPSA) is 43.9 Å². The Morgan fingerprint density at radius 2 is 1.72 bits per heavy atom. The van der Waals surface area contributed by atoms with E-state index in [0.29, 0.717) is 6.67 Å². The van der Waals surface area contributed by atoms with E-state index in [1.54, 1.807) is 4.90 Å². The number of benzene rings is 2. The third-order valence-electron chi connectivity index (χ3n) is 7.29. The SMILES string of the molecule is Cc1ccc(N2C(=O)[C@@H](C)S[C@]23C(=O)N(CN2CCC(C)CC2)c2ccccc23)cc1C. The zero-order chi connectivity index (χ0) is 22.6. The number of amides is 2. The quantitative estimate of drug-likeness (QED) is 0.684. The van der Waals surface area contributed by atoms with E-state index in [4.69, 9.17) is 0 Å². The van der Waals surface area contributed by atoms with Gasteiger partial charge < -0.3 is 0 Å². The molecule has 2 amide bonds. The molecule has 2 saturated heterocycles. The number of fused-ring (bicyclic) bond motifs is 2. The summed E-state index contributed by atoms with van der Waals surface area (Å²) in [5.74, 6) is 0.733.